The lowest BCUT2D eigenvalue weighted by Gasteiger charge is -2.15. The summed E-state index contributed by atoms with van der Waals surface area (Å²) in [5.74, 6) is 0.359. The SMILES string of the molecule is CCCOc1cncc(C(N)c2cc(F)ccc2Br)c1. The number of halogens is 2. The van der Waals surface area contributed by atoms with Gasteiger partial charge < -0.3 is 10.5 Å². The molecule has 0 fully saturated rings. The third kappa shape index (κ3) is 3.55. The fourth-order valence-electron chi connectivity index (χ4n) is 1.84. The van der Waals surface area contributed by atoms with Crippen LogP contribution >= 0.6 is 15.9 Å². The molecule has 0 amide bonds. The van der Waals surface area contributed by atoms with Gasteiger partial charge in [-0.25, -0.2) is 4.39 Å². The van der Waals surface area contributed by atoms with Gasteiger partial charge in [-0.15, -0.1) is 0 Å². The van der Waals surface area contributed by atoms with E-state index in [2.05, 4.69) is 20.9 Å². The number of aromatic nitrogens is 1. The van der Waals surface area contributed by atoms with Crippen molar-refractivity contribution in [2.75, 3.05) is 6.61 Å². The van der Waals surface area contributed by atoms with Gasteiger partial charge in [0.2, 0.25) is 0 Å². The molecule has 0 radical (unpaired) electrons. The fourth-order valence-corrected chi connectivity index (χ4v) is 2.33. The van der Waals surface area contributed by atoms with Gasteiger partial charge in [0.25, 0.3) is 0 Å². The molecule has 106 valence electrons. The highest BCUT2D eigenvalue weighted by Crippen LogP contribution is 2.28. The van der Waals surface area contributed by atoms with Crippen molar-refractivity contribution < 1.29 is 9.13 Å². The number of benzene rings is 1. The van der Waals surface area contributed by atoms with Gasteiger partial charge in [-0.3, -0.25) is 4.98 Å². The third-order valence-corrected chi connectivity index (χ3v) is 3.58. The molecule has 1 atom stereocenters. The summed E-state index contributed by atoms with van der Waals surface area (Å²) >= 11 is 3.39. The molecule has 1 unspecified atom stereocenters. The number of nitrogens with two attached hydrogens (primary N) is 1. The van der Waals surface area contributed by atoms with E-state index in [1.807, 2.05) is 13.0 Å². The molecule has 1 aromatic heterocycles. The molecule has 20 heavy (non-hydrogen) atoms. The van der Waals surface area contributed by atoms with Gasteiger partial charge in [0.15, 0.2) is 0 Å². The third-order valence-electron chi connectivity index (χ3n) is 2.86. The molecule has 0 spiro atoms. The maximum Gasteiger partial charge on any atom is 0.137 e. The molecule has 0 aliphatic rings. The van der Waals surface area contributed by atoms with Gasteiger partial charge in [-0.2, -0.15) is 0 Å². The fraction of sp³-hybridized carbons (Fsp3) is 0.267. The van der Waals surface area contributed by atoms with E-state index in [1.165, 1.54) is 12.1 Å². The number of hydrogen-bond donors (Lipinski definition) is 1. The Morgan fingerprint density at radius 3 is 2.90 bits per heavy atom. The molecule has 0 saturated carbocycles. The van der Waals surface area contributed by atoms with Gasteiger partial charge in [-0.1, -0.05) is 22.9 Å². The summed E-state index contributed by atoms with van der Waals surface area (Å²) in [6, 6.07) is 5.84. The van der Waals surface area contributed by atoms with E-state index in [1.54, 1.807) is 18.5 Å². The minimum Gasteiger partial charge on any atom is -0.492 e. The quantitative estimate of drug-likeness (QED) is 0.901. The second kappa shape index (κ2) is 6.81. The lowest BCUT2D eigenvalue weighted by atomic mass is 10.0. The van der Waals surface area contributed by atoms with Gasteiger partial charge in [-0.05, 0) is 41.8 Å². The van der Waals surface area contributed by atoms with Gasteiger partial charge >= 0.3 is 0 Å². The van der Waals surface area contributed by atoms with E-state index in [0.717, 1.165) is 16.5 Å². The van der Waals surface area contributed by atoms with Crippen molar-refractivity contribution in [3.8, 4) is 5.75 Å². The van der Waals surface area contributed by atoms with E-state index in [9.17, 15) is 4.39 Å². The summed E-state index contributed by atoms with van der Waals surface area (Å²) in [6.07, 6.45) is 4.24. The largest absolute Gasteiger partial charge is 0.492 e. The van der Waals surface area contributed by atoms with Crippen molar-refractivity contribution in [2.24, 2.45) is 5.73 Å². The molecule has 1 heterocycles. The van der Waals surface area contributed by atoms with Crippen molar-refractivity contribution in [3.63, 3.8) is 0 Å². The topological polar surface area (TPSA) is 48.1 Å². The zero-order valence-corrected chi connectivity index (χ0v) is 12.7. The van der Waals surface area contributed by atoms with E-state index in [0.29, 0.717) is 17.9 Å². The Kier molecular flexibility index (Phi) is 5.09. The summed E-state index contributed by atoms with van der Waals surface area (Å²) in [5, 5.41) is 0. The van der Waals surface area contributed by atoms with E-state index in [4.69, 9.17) is 10.5 Å². The highest BCUT2D eigenvalue weighted by atomic mass is 79.9. The summed E-state index contributed by atoms with van der Waals surface area (Å²) in [4.78, 5) is 4.12. The van der Waals surface area contributed by atoms with Crippen LogP contribution in [0, 0.1) is 5.82 Å². The average Bonchev–Trinajstić information content (AvgIpc) is 2.47. The molecule has 5 heteroatoms. The van der Waals surface area contributed by atoms with Crippen LogP contribution in [0.5, 0.6) is 5.75 Å². The first-order valence-electron chi connectivity index (χ1n) is 6.40. The highest BCUT2D eigenvalue weighted by Gasteiger charge is 2.14. The molecule has 0 aliphatic carbocycles. The zero-order valence-electron chi connectivity index (χ0n) is 11.1. The molecule has 2 N–H and O–H groups in total. The molecule has 2 aromatic rings. The van der Waals surface area contributed by atoms with Crippen LogP contribution in [-0.2, 0) is 0 Å². The number of ether oxygens (including phenoxy) is 1. The van der Waals surface area contributed by atoms with Crippen molar-refractivity contribution in [2.45, 2.75) is 19.4 Å². The maximum absolute atomic E-state index is 13.4. The van der Waals surface area contributed by atoms with Gasteiger partial charge in [0.05, 0.1) is 18.8 Å². The Morgan fingerprint density at radius 1 is 1.35 bits per heavy atom. The normalized spacial score (nSPS) is 12.2. The minimum absolute atomic E-state index is 0.315. The molecular weight excluding hydrogens is 323 g/mol. The highest BCUT2D eigenvalue weighted by molar-refractivity contribution is 9.10. The maximum atomic E-state index is 13.4. The Hall–Kier alpha value is -1.46. The van der Waals surface area contributed by atoms with E-state index in [-0.39, 0.29) is 5.82 Å². The molecule has 0 bridgehead atoms. The zero-order chi connectivity index (χ0) is 14.5. The molecule has 1 aromatic carbocycles. The number of hydrogen-bond acceptors (Lipinski definition) is 3. The van der Waals surface area contributed by atoms with E-state index < -0.39 is 6.04 Å². The molecule has 0 aliphatic heterocycles. The number of pyridine rings is 1. The second-order valence-corrected chi connectivity index (χ2v) is 5.30. The lowest BCUT2D eigenvalue weighted by Crippen LogP contribution is -2.13. The number of nitrogens with zero attached hydrogens (tertiary/aromatic N) is 1. The molecule has 0 saturated heterocycles. The summed E-state index contributed by atoms with van der Waals surface area (Å²) in [7, 11) is 0. The lowest BCUT2D eigenvalue weighted by molar-refractivity contribution is 0.315. The van der Waals surface area contributed by atoms with E-state index >= 15 is 0 Å². The molecule has 3 nitrogen and oxygen atoms in total. The smallest absolute Gasteiger partial charge is 0.137 e. The Labute approximate surface area is 126 Å². The number of rotatable bonds is 5. The van der Waals surface area contributed by atoms with Crippen molar-refractivity contribution in [1.29, 1.82) is 0 Å². The van der Waals surface area contributed by atoms with Crippen LogP contribution in [0.4, 0.5) is 4.39 Å². The standard InChI is InChI=1S/C15H16BrFN2O/c1-2-5-20-12-6-10(8-19-9-12)15(18)13-7-11(17)3-4-14(13)16/h3-4,6-9,15H,2,5,18H2,1H3. The summed E-state index contributed by atoms with van der Waals surface area (Å²) < 4.78 is 19.7. The van der Waals surface area contributed by atoms with Crippen LogP contribution in [0.25, 0.3) is 0 Å². The first-order valence-corrected chi connectivity index (χ1v) is 7.19. The minimum atomic E-state index is -0.460. The Morgan fingerprint density at radius 2 is 2.15 bits per heavy atom. The Balaban J connectivity index is 2.28. The molecule has 2 rings (SSSR count). The molecular formula is C15H16BrFN2O. The second-order valence-electron chi connectivity index (χ2n) is 4.45. The monoisotopic (exact) mass is 338 g/mol. The van der Waals surface area contributed by atoms with Crippen LogP contribution < -0.4 is 10.5 Å². The summed E-state index contributed by atoms with van der Waals surface area (Å²) in [6.45, 7) is 2.66. The van der Waals surface area contributed by atoms with Crippen LogP contribution in [0.15, 0.2) is 41.1 Å². The average molecular weight is 339 g/mol. The van der Waals surface area contributed by atoms with Crippen molar-refractivity contribution >= 4 is 15.9 Å². The van der Waals surface area contributed by atoms with Crippen LogP contribution in [0.1, 0.15) is 30.5 Å². The van der Waals surface area contributed by atoms with Crippen molar-refractivity contribution in [1.82, 2.24) is 4.98 Å². The van der Waals surface area contributed by atoms with Crippen LogP contribution in [0.2, 0.25) is 0 Å². The Bertz CT molecular complexity index is 592. The summed E-state index contributed by atoms with van der Waals surface area (Å²) in [5.41, 5.74) is 7.65. The predicted molar refractivity (Wildman–Crippen MR) is 80.2 cm³/mol. The van der Waals surface area contributed by atoms with Crippen molar-refractivity contribution in [3.05, 3.63) is 58.1 Å². The first-order chi connectivity index (χ1) is 9.61. The predicted octanol–water partition coefficient (Wildman–Crippen LogP) is 3.82. The van der Waals surface area contributed by atoms with Crippen LogP contribution in [-0.4, -0.2) is 11.6 Å². The van der Waals surface area contributed by atoms with Gasteiger partial charge in [0.1, 0.15) is 11.6 Å². The van der Waals surface area contributed by atoms with Crippen LogP contribution in [0.3, 0.4) is 0 Å². The van der Waals surface area contributed by atoms with Gasteiger partial charge in [0, 0.05) is 10.7 Å². The first kappa shape index (κ1) is 14.9.